The van der Waals surface area contributed by atoms with Crippen LogP contribution in [0.5, 0.6) is 0 Å². The van der Waals surface area contributed by atoms with Crippen LogP contribution in [-0.2, 0) is 4.79 Å². The van der Waals surface area contributed by atoms with Crippen LogP contribution in [0, 0.1) is 11.3 Å². The molecule has 0 fully saturated rings. The fourth-order valence-electron chi connectivity index (χ4n) is 0.895. The van der Waals surface area contributed by atoms with Crippen LogP contribution in [0.2, 0.25) is 0 Å². The van der Waals surface area contributed by atoms with E-state index in [1.54, 1.807) is 25.1 Å². The van der Waals surface area contributed by atoms with E-state index in [9.17, 15) is 4.79 Å². The SMILES string of the molecule is CN(C)C=NC(=O)C(C#N)=Cc1cccs1. The second-order valence-corrected chi connectivity index (χ2v) is 4.18. The predicted octanol–water partition coefficient (Wildman–Crippen LogP) is 1.77. The summed E-state index contributed by atoms with van der Waals surface area (Å²) in [5, 5.41) is 10.7. The molecule has 4 nitrogen and oxygen atoms in total. The molecular weight excluding hydrogens is 222 g/mol. The van der Waals surface area contributed by atoms with Crippen LogP contribution in [0.1, 0.15) is 4.88 Å². The van der Waals surface area contributed by atoms with E-state index in [0.29, 0.717) is 0 Å². The lowest BCUT2D eigenvalue weighted by molar-refractivity contribution is -0.113. The van der Waals surface area contributed by atoms with E-state index in [0.717, 1.165) is 4.88 Å². The summed E-state index contributed by atoms with van der Waals surface area (Å²) >= 11 is 1.47. The van der Waals surface area contributed by atoms with Crippen LogP contribution in [0.3, 0.4) is 0 Å². The van der Waals surface area contributed by atoms with Crippen molar-refractivity contribution in [2.24, 2.45) is 4.99 Å². The summed E-state index contributed by atoms with van der Waals surface area (Å²) < 4.78 is 0. The molecule has 1 aromatic rings. The maximum Gasteiger partial charge on any atom is 0.289 e. The van der Waals surface area contributed by atoms with Gasteiger partial charge in [-0.25, -0.2) is 0 Å². The number of carbonyl (C=O) groups excluding carboxylic acids is 1. The smallest absolute Gasteiger partial charge is 0.289 e. The number of rotatable bonds is 3. The Morgan fingerprint density at radius 2 is 2.38 bits per heavy atom. The van der Waals surface area contributed by atoms with Gasteiger partial charge in [0.25, 0.3) is 5.91 Å². The Morgan fingerprint density at radius 3 is 2.88 bits per heavy atom. The minimum absolute atomic E-state index is 0.0422. The Bertz CT molecular complexity index is 452. The number of carbonyl (C=O) groups is 1. The van der Waals surface area contributed by atoms with Crippen LogP contribution < -0.4 is 0 Å². The van der Waals surface area contributed by atoms with Gasteiger partial charge in [0.2, 0.25) is 0 Å². The number of amides is 1. The third-order valence-electron chi connectivity index (χ3n) is 1.59. The molecule has 0 bridgehead atoms. The van der Waals surface area contributed by atoms with Crippen LogP contribution in [0.25, 0.3) is 6.08 Å². The molecule has 0 radical (unpaired) electrons. The van der Waals surface area contributed by atoms with Gasteiger partial charge in [-0.05, 0) is 17.5 Å². The molecule has 0 unspecified atom stereocenters. The van der Waals surface area contributed by atoms with Crippen molar-refractivity contribution in [1.29, 1.82) is 5.26 Å². The Kier molecular flexibility index (Phi) is 4.42. The van der Waals surface area contributed by atoms with Gasteiger partial charge in [-0.15, -0.1) is 11.3 Å². The third-order valence-corrected chi connectivity index (χ3v) is 2.41. The average molecular weight is 233 g/mol. The first-order chi connectivity index (χ1) is 7.63. The van der Waals surface area contributed by atoms with Gasteiger partial charge in [0.1, 0.15) is 11.6 Å². The van der Waals surface area contributed by atoms with Crippen molar-refractivity contribution in [2.45, 2.75) is 0 Å². The highest BCUT2D eigenvalue weighted by atomic mass is 32.1. The number of thiophene rings is 1. The lowest BCUT2D eigenvalue weighted by Gasteiger charge is -2.00. The summed E-state index contributed by atoms with van der Waals surface area (Å²) in [4.78, 5) is 17.6. The van der Waals surface area contributed by atoms with E-state index < -0.39 is 5.91 Å². The quantitative estimate of drug-likeness (QED) is 0.346. The molecule has 0 aromatic carbocycles. The highest BCUT2D eigenvalue weighted by Crippen LogP contribution is 2.13. The van der Waals surface area contributed by atoms with Crippen molar-refractivity contribution in [1.82, 2.24) is 4.90 Å². The van der Waals surface area contributed by atoms with Gasteiger partial charge in [-0.3, -0.25) is 4.79 Å². The summed E-state index contributed by atoms with van der Waals surface area (Å²) in [5.74, 6) is -0.524. The second-order valence-electron chi connectivity index (χ2n) is 3.20. The van der Waals surface area contributed by atoms with Crippen molar-refractivity contribution in [3.8, 4) is 6.07 Å². The van der Waals surface area contributed by atoms with E-state index in [1.165, 1.54) is 17.7 Å². The Labute approximate surface area is 98.1 Å². The van der Waals surface area contributed by atoms with Gasteiger partial charge in [0, 0.05) is 19.0 Å². The molecule has 5 heteroatoms. The van der Waals surface area contributed by atoms with Gasteiger partial charge >= 0.3 is 0 Å². The predicted molar refractivity (Wildman–Crippen MR) is 65.1 cm³/mol. The lowest BCUT2D eigenvalue weighted by Crippen LogP contribution is -2.10. The summed E-state index contributed by atoms with van der Waals surface area (Å²) in [6.45, 7) is 0. The van der Waals surface area contributed by atoms with Crippen molar-refractivity contribution in [2.75, 3.05) is 14.1 Å². The zero-order valence-corrected chi connectivity index (χ0v) is 9.86. The van der Waals surface area contributed by atoms with Crippen molar-refractivity contribution >= 4 is 29.7 Å². The molecule has 0 saturated heterocycles. The summed E-state index contributed by atoms with van der Waals surface area (Å²) in [5.41, 5.74) is 0.0422. The van der Waals surface area contributed by atoms with Crippen molar-refractivity contribution < 1.29 is 4.79 Å². The van der Waals surface area contributed by atoms with Gasteiger partial charge in [-0.1, -0.05) is 6.07 Å². The van der Waals surface area contributed by atoms with Gasteiger partial charge < -0.3 is 4.90 Å². The molecule has 1 heterocycles. The molecule has 0 spiro atoms. The van der Waals surface area contributed by atoms with E-state index in [2.05, 4.69) is 4.99 Å². The maximum atomic E-state index is 11.5. The maximum absolute atomic E-state index is 11.5. The third kappa shape index (κ3) is 3.67. The monoisotopic (exact) mass is 233 g/mol. The molecule has 1 amide bonds. The van der Waals surface area contributed by atoms with Crippen molar-refractivity contribution in [3.05, 3.63) is 28.0 Å². The first-order valence-electron chi connectivity index (χ1n) is 4.53. The average Bonchev–Trinajstić information content (AvgIpc) is 2.75. The number of hydrogen-bond donors (Lipinski definition) is 0. The van der Waals surface area contributed by atoms with E-state index in [4.69, 9.17) is 5.26 Å². The van der Waals surface area contributed by atoms with Crippen LogP contribution in [0.15, 0.2) is 28.1 Å². The van der Waals surface area contributed by atoms with E-state index in [1.807, 2.05) is 23.6 Å². The molecule has 0 aliphatic heterocycles. The minimum Gasteiger partial charge on any atom is -0.369 e. The summed E-state index contributed by atoms with van der Waals surface area (Å²) in [7, 11) is 3.51. The Morgan fingerprint density at radius 1 is 1.62 bits per heavy atom. The van der Waals surface area contributed by atoms with Gasteiger partial charge in [0.15, 0.2) is 0 Å². The topological polar surface area (TPSA) is 56.5 Å². The highest BCUT2D eigenvalue weighted by molar-refractivity contribution is 7.10. The molecule has 0 atom stereocenters. The molecule has 0 aliphatic carbocycles. The highest BCUT2D eigenvalue weighted by Gasteiger charge is 2.06. The number of aliphatic imine (C=N–C) groups is 1. The minimum atomic E-state index is -0.524. The van der Waals surface area contributed by atoms with Crippen LogP contribution in [0.4, 0.5) is 0 Å². The van der Waals surface area contributed by atoms with E-state index >= 15 is 0 Å². The largest absolute Gasteiger partial charge is 0.369 e. The molecule has 0 N–H and O–H groups in total. The zero-order chi connectivity index (χ0) is 12.0. The fraction of sp³-hybridized carbons (Fsp3) is 0.182. The van der Waals surface area contributed by atoms with Crippen LogP contribution >= 0.6 is 11.3 Å². The molecule has 82 valence electrons. The second kappa shape index (κ2) is 5.83. The molecule has 0 aliphatic rings. The molecule has 1 aromatic heterocycles. The number of nitriles is 1. The molecule has 16 heavy (non-hydrogen) atoms. The van der Waals surface area contributed by atoms with Crippen LogP contribution in [-0.4, -0.2) is 31.2 Å². The Balaban J connectivity index is 2.84. The standard InChI is InChI=1S/C11H11N3OS/c1-14(2)8-13-11(15)9(7-12)6-10-4-3-5-16-10/h3-6,8H,1-2H3. The number of nitrogens with zero attached hydrogens (tertiary/aromatic N) is 3. The first kappa shape index (κ1) is 12.1. The normalized spacial score (nSPS) is 11.4. The molecular formula is C11H11N3OS. The molecule has 1 rings (SSSR count). The number of hydrogen-bond acceptors (Lipinski definition) is 3. The van der Waals surface area contributed by atoms with E-state index in [-0.39, 0.29) is 5.57 Å². The summed E-state index contributed by atoms with van der Waals surface area (Å²) in [6, 6.07) is 5.55. The zero-order valence-electron chi connectivity index (χ0n) is 9.04. The van der Waals surface area contributed by atoms with Crippen molar-refractivity contribution in [3.63, 3.8) is 0 Å². The summed E-state index contributed by atoms with van der Waals surface area (Å²) in [6.07, 6.45) is 2.92. The molecule has 0 saturated carbocycles. The first-order valence-corrected chi connectivity index (χ1v) is 5.41. The lowest BCUT2D eigenvalue weighted by atomic mass is 10.2. The fourth-order valence-corrected chi connectivity index (χ4v) is 1.55. The van der Waals surface area contributed by atoms with Gasteiger partial charge in [-0.2, -0.15) is 10.3 Å². The Hall–Kier alpha value is -1.93. The van der Waals surface area contributed by atoms with Gasteiger partial charge in [0.05, 0.1) is 6.34 Å².